The van der Waals surface area contributed by atoms with Crippen LogP contribution in [0.1, 0.15) is 58.8 Å². The third-order valence-electron chi connectivity index (χ3n) is 4.63. The summed E-state index contributed by atoms with van der Waals surface area (Å²) in [6.07, 6.45) is 7.39. The quantitative estimate of drug-likeness (QED) is 0.831. The molecule has 1 atom stereocenters. The molecule has 4 nitrogen and oxygen atoms in total. The molecule has 106 valence electrons. The lowest BCUT2D eigenvalue weighted by molar-refractivity contribution is -0.128. The van der Waals surface area contributed by atoms with Crippen LogP contribution in [0.5, 0.6) is 0 Å². The van der Waals surface area contributed by atoms with E-state index in [1.807, 2.05) is 0 Å². The van der Waals surface area contributed by atoms with E-state index in [0.29, 0.717) is 12.5 Å². The first-order valence-corrected chi connectivity index (χ1v) is 7.49. The first-order chi connectivity index (χ1) is 9.06. The molecule has 0 aromatic carbocycles. The van der Waals surface area contributed by atoms with Gasteiger partial charge in [0.2, 0.25) is 5.91 Å². The number of rotatable bonds is 2. The van der Waals surface area contributed by atoms with E-state index in [-0.39, 0.29) is 17.5 Å². The Morgan fingerprint density at radius 3 is 2.68 bits per heavy atom. The molecule has 1 N–H and O–H groups in total. The minimum absolute atomic E-state index is 0.0112. The summed E-state index contributed by atoms with van der Waals surface area (Å²) < 4.78 is 0. The summed E-state index contributed by atoms with van der Waals surface area (Å²) in [6.45, 7) is 5.15. The van der Waals surface area contributed by atoms with Gasteiger partial charge in [-0.2, -0.15) is 5.26 Å². The lowest BCUT2D eigenvalue weighted by Crippen LogP contribution is -2.57. The maximum absolute atomic E-state index is 12.2. The van der Waals surface area contributed by atoms with Gasteiger partial charge in [0, 0.05) is 18.1 Å². The highest BCUT2D eigenvalue weighted by Crippen LogP contribution is 2.34. The van der Waals surface area contributed by atoms with E-state index in [1.54, 1.807) is 0 Å². The van der Waals surface area contributed by atoms with Crippen LogP contribution in [-0.4, -0.2) is 35.0 Å². The van der Waals surface area contributed by atoms with Gasteiger partial charge in [-0.05, 0) is 33.1 Å². The molecule has 0 radical (unpaired) electrons. The Morgan fingerprint density at radius 2 is 2.05 bits per heavy atom. The fourth-order valence-electron chi connectivity index (χ4n) is 3.67. The van der Waals surface area contributed by atoms with Gasteiger partial charge in [0.25, 0.3) is 0 Å². The Hall–Kier alpha value is -1.08. The summed E-state index contributed by atoms with van der Waals surface area (Å²) in [5.41, 5.74) is -0.0112. The Labute approximate surface area is 116 Å². The fourth-order valence-corrected chi connectivity index (χ4v) is 3.67. The number of hydrogen-bond donors (Lipinski definition) is 1. The zero-order valence-electron chi connectivity index (χ0n) is 12.1. The van der Waals surface area contributed by atoms with Crippen LogP contribution in [0.15, 0.2) is 0 Å². The first-order valence-electron chi connectivity index (χ1n) is 7.49. The van der Waals surface area contributed by atoms with Crippen molar-refractivity contribution in [3.8, 4) is 6.07 Å². The van der Waals surface area contributed by atoms with Crippen LogP contribution < -0.4 is 5.32 Å². The Kier molecular flexibility index (Phi) is 4.46. The maximum Gasteiger partial charge on any atom is 0.238 e. The molecule has 1 saturated heterocycles. The topological polar surface area (TPSA) is 56.1 Å². The molecule has 1 heterocycles. The van der Waals surface area contributed by atoms with Crippen molar-refractivity contribution in [2.24, 2.45) is 0 Å². The van der Waals surface area contributed by atoms with Gasteiger partial charge in [-0.3, -0.25) is 9.69 Å². The molecule has 1 unspecified atom stereocenters. The van der Waals surface area contributed by atoms with Crippen molar-refractivity contribution in [3.05, 3.63) is 0 Å². The van der Waals surface area contributed by atoms with Gasteiger partial charge >= 0.3 is 0 Å². The number of hydrogen-bond acceptors (Lipinski definition) is 3. The molecule has 0 aromatic heterocycles. The molecular weight excluding hydrogens is 238 g/mol. The Morgan fingerprint density at radius 1 is 1.37 bits per heavy atom. The van der Waals surface area contributed by atoms with E-state index in [0.717, 1.165) is 13.0 Å². The second kappa shape index (κ2) is 5.92. The van der Waals surface area contributed by atoms with E-state index >= 15 is 0 Å². The van der Waals surface area contributed by atoms with Crippen molar-refractivity contribution >= 4 is 5.91 Å². The molecule has 0 spiro atoms. The number of nitrogens with one attached hydrogen (secondary N) is 1. The molecule has 19 heavy (non-hydrogen) atoms. The number of amides is 1. The number of carbonyl (C=O) groups is 1. The van der Waals surface area contributed by atoms with E-state index in [2.05, 4.69) is 30.1 Å². The van der Waals surface area contributed by atoms with Gasteiger partial charge in [0.1, 0.15) is 6.04 Å². The van der Waals surface area contributed by atoms with Crippen molar-refractivity contribution in [1.29, 1.82) is 5.26 Å². The van der Waals surface area contributed by atoms with E-state index in [1.165, 1.54) is 32.1 Å². The lowest BCUT2D eigenvalue weighted by atomic mass is 9.87. The summed E-state index contributed by atoms with van der Waals surface area (Å²) >= 11 is 0. The molecular formula is C15H25N3O. The van der Waals surface area contributed by atoms with Crippen molar-refractivity contribution < 1.29 is 4.79 Å². The van der Waals surface area contributed by atoms with Crippen molar-refractivity contribution in [2.75, 3.05) is 6.54 Å². The van der Waals surface area contributed by atoms with Gasteiger partial charge in [0.05, 0.1) is 12.5 Å². The summed E-state index contributed by atoms with van der Waals surface area (Å²) in [5, 5.41) is 12.0. The largest absolute Gasteiger partial charge is 0.355 e. The standard InChI is InChI=1S/C15H25N3O/c1-15(2)9-11-17-14(19)13(8-10-16)18(15)12-6-4-3-5-7-12/h12-13H,3-9,11H2,1-2H3,(H,17,19). The monoisotopic (exact) mass is 263 g/mol. The second-order valence-corrected chi connectivity index (χ2v) is 6.43. The average molecular weight is 263 g/mol. The highest BCUT2D eigenvalue weighted by molar-refractivity contribution is 5.82. The summed E-state index contributed by atoms with van der Waals surface area (Å²) in [6, 6.07) is 2.39. The van der Waals surface area contributed by atoms with E-state index in [9.17, 15) is 4.79 Å². The second-order valence-electron chi connectivity index (χ2n) is 6.43. The third kappa shape index (κ3) is 3.09. The molecule has 2 aliphatic rings. The van der Waals surface area contributed by atoms with Crippen LogP contribution in [0, 0.1) is 11.3 Å². The minimum atomic E-state index is -0.273. The Bertz CT molecular complexity index is 366. The fraction of sp³-hybridized carbons (Fsp3) is 0.867. The molecule has 4 heteroatoms. The van der Waals surface area contributed by atoms with Crippen LogP contribution >= 0.6 is 0 Å². The van der Waals surface area contributed by atoms with Gasteiger partial charge in [-0.15, -0.1) is 0 Å². The molecule has 0 aromatic rings. The summed E-state index contributed by atoms with van der Waals surface area (Å²) in [5.74, 6) is 0.0395. The van der Waals surface area contributed by atoms with Gasteiger partial charge in [-0.25, -0.2) is 0 Å². The average Bonchev–Trinajstić information content (AvgIpc) is 2.48. The smallest absolute Gasteiger partial charge is 0.238 e. The van der Waals surface area contributed by atoms with Gasteiger partial charge in [0.15, 0.2) is 0 Å². The highest BCUT2D eigenvalue weighted by Gasteiger charge is 2.42. The van der Waals surface area contributed by atoms with Gasteiger partial charge < -0.3 is 5.32 Å². The predicted octanol–water partition coefficient (Wildman–Crippen LogP) is 2.20. The lowest BCUT2D eigenvalue weighted by Gasteiger charge is -2.46. The molecule has 2 rings (SSSR count). The van der Waals surface area contributed by atoms with Gasteiger partial charge in [-0.1, -0.05) is 19.3 Å². The summed E-state index contributed by atoms with van der Waals surface area (Å²) in [4.78, 5) is 14.6. The summed E-state index contributed by atoms with van der Waals surface area (Å²) in [7, 11) is 0. The molecule has 1 aliphatic heterocycles. The molecule has 1 aliphatic carbocycles. The SMILES string of the molecule is CC1(C)CCNC(=O)C(CC#N)N1C1CCCCC1. The van der Waals surface area contributed by atoms with Crippen LogP contribution in [-0.2, 0) is 4.79 Å². The molecule has 2 fully saturated rings. The van der Waals surface area contributed by atoms with Crippen LogP contribution in [0.4, 0.5) is 0 Å². The number of carbonyl (C=O) groups excluding carboxylic acids is 1. The first kappa shape index (κ1) is 14.3. The van der Waals surface area contributed by atoms with Crippen molar-refractivity contribution in [3.63, 3.8) is 0 Å². The third-order valence-corrected chi connectivity index (χ3v) is 4.63. The molecule has 1 amide bonds. The van der Waals surface area contributed by atoms with E-state index < -0.39 is 0 Å². The molecule has 1 saturated carbocycles. The van der Waals surface area contributed by atoms with Crippen LogP contribution in [0.3, 0.4) is 0 Å². The highest BCUT2D eigenvalue weighted by atomic mass is 16.2. The zero-order valence-corrected chi connectivity index (χ0v) is 12.1. The maximum atomic E-state index is 12.2. The molecule has 0 bridgehead atoms. The zero-order chi connectivity index (χ0) is 13.9. The predicted molar refractivity (Wildman–Crippen MR) is 74.4 cm³/mol. The van der Waals surface area contributed by atoms with Crippen LogP contribution in [0.25, 0.3) is 0 Å². The van der Waals surface area contributed by atoms with Crippen LogP contribution in [0.2, 0.25) is 0 Å². The van der Waals surface area contributed by atoms with E-state index in [4.69, 9.17) is 5.26 Å². The van der Waals surface area contributed by atoms with Crippen molar-refractivity contribution in [2.45, 2.75) is 76.4 Å². The Balaban J connectivity index is 2.27. The number of nitrogens with zero attached hydrogens (tertiary/aromatic N) is 2. The number of nitriles is 1. The minimum Gasteiger partial charge on any atom is -0.355 e. The van der Waals surface area contributed by atoms with Crippen molar-refractivity contribution in [1.82, 2.24) is 10.2 Å². The normalized spacial score (nSPS) is 29.3.